The minimum Gasteiger partial charge on any atom is -0.299 e. The van der Waals surface area contributed by atoms with E-state index < -0.39 is 0 Å². The standard InChI is InChI=1S/C24H42O/c1-18(2)19-12-15-23(16-13-19)24(25)22-11-7-10-21(14-17-22)20-8-5-3-4-6-9-20/h18-23H,3-17H2,1-2H3. The Morgan fingerprint density at radius 3 is 1.76 bits per heavy atom. The SMILES string of the molecule is CC(C)C1CCC(C(=O)C2CCCC(C3CCCCCC3)CC2)CC1. The molecule has 0 aromatic rings. The topological polar surface area (TPSA) is 17.1 Å². The maximum Gasteiger partial charge on any atom is 0.139 e. The molecule has 0 aromatic heterocycles. The van der Waals surface area contributed by atoms with Crippen molar-refractivity contribution in [1.82, 2.24) is 0 Å². The van der Waals surface area contributed by atoms with Gasteiger partial charge in [0.1, 0.15) is 5.78 Å². The Hall–Kier alpha value is -0.330. The van der Waals surface area contributed by atoms with Crippen LogP contribution in [0.1, 0.15) is 110 Å². The number of hydrogen-bond donors (Lipinski definition) is 0. The number of ketones is 1. The molecule has 3 aliphatic rings. The summed E-state index contributed by atoms with van der Waals surface area (Å²) in [4.78, 5) is 13.1. The zero-order chi connectivity index (χ0) is 17.6. The highest BCUT2D eigenvalue weighted by atomic mass is 16.1. The average molecular weight is 347 g/mol. The minimum absolute atomic E-state index is 0.412. The second-order valence-corrected chi connectivity index (χ2v) is 9.97. The van der Waals surface area contributed by atoms with E-state index in [0.29, 0.717) is 17.6 Å². The van der Waals surface area contributed by atoms with Crippen LogP contribution in [0.2, 0.25) is 0 Å². The second-order valence-electron chi connectivity index (χ2n) is 9.97. The molecule has 0 amide bonds. The average Bonchev–Trinajstić information content (AvgIpc) is 3.04. The number of carbonyl (C=O) groups excluding carboxylic acids is 1. The first-order chi connectivity index (χ1) is 12.1. The number of rotatable bonds is 4. The molecule has 3 rings (SSSR count). The molecule has 2 unspecified atom stereocenters. The van der Waals surface area contributed by atoms with Crippen LogP contribution in [0.3, 0.4) is 0 Å². The molecule has 1 heteroatoms. The van der Waals surface area contributed by atoms with Crippen LogP contribution in [0.15, 0.2) is 0 Å². The van der Waals surface area contributed by atoms with Gasteiger partial charge in [-0.3, -0.25) is 4.79 Å². The van der Waals surface area contributed by atoms with Gasteiger partial charge in [-0.2, -0.15) is 0 Å². The van der Waals surface area contributed by atoms with E-state index in [9.17, 15) is 4.79 Å². The highest BCUT2D eigenvalue weighted by Crippen LogP contribution is 2.41. The van der Waals surface area contributed by atoms with Gasteiger partial charge in [0.05, 0.1) is 0 Å². The summed E-state index contributed by atoms with van der Waals surface area (Å²) in [5.41, 5.74) is 0. The lowest BCUT2D eigenvalue weighted by molar-refractivity contribution is -0.128. The molecule has 3 fully saturated rings. The van der Waals surface area contributed by atoms with E-state index in [4.69, 9.17) is 0 Å². The van der Waals surface area contributed by atoms with Gasteiger partial charge in [-0.1, -0.05) is 65.2 Å². The maximum atomic E-state index is 13.1. The van der Waals surface area contributed by atoms with Gasteiger partial charge in [0.25, 0.3) is 0 Å². The third-order valence-electron chi connectivity index (χ3n) is 8.10. The van der Waals surface area contributed by atoms with E-state index in [-0.39, 0.29) is 0 Å². The van der Waals surface area contributed by atoms with Crippen molar-refractivity contribution in [3.8, 4) is 0 Å². The first kappa shape index (κ1) is 19.4. The molecule has 2 atom stereocenters. The first-order valence-electron chi connectivity index (χ1n) is 11.7. The number of Topliss-reactive ketones (excluding diaryl/α,β-unsaturated/α-hetero) is 1. The van der Waals surface area contributed by atoms with Gasteiger partial charge in [-0.05, 0) is 68.6 Å². The second kappa shape index (κ2) is 9.56. The summed E-state index contributed by atoms with van der Waals surface area (Å²) in [5.74, 6) is 5.09. The van der Waals surface area contributed by atoms with Crippen LogP contribution in [0.25, 0.3) is 0 Å². The smallest absolute Gasteiger partial charge is 0.139 e. The van der Waals surface area contributed by atoms with Crippen LogP contribution in [0.4, 0.5) is 0 Å². The predicted octanol–water partition coefficient (Wildman–Crippen LogP) is 7.18. The van der Waals surface area contributed by atoms with Crippen LogP contribution < -0.4 is 0 Å². The molecule has 0 spiro atoms. The molecule has 0 radical (unpaired) electrons. The first-order valence-corrected chi connectivity index (χ1v) is 11.7. The predicted molar refractivity (Wildman–Crippen MR) is 107 cm³/mol. The van der Waals surface area contributed by atoms with Crippen molar-refractivity contribution in [3.05, 3.63) is 0 Å². The number of hydrogen-bond acceptors (Lipinski definition) is 1. The van der Waals surface area contributed by atoms with Crippen molar-refractivity contribution >= 4 is 5.78 Å². The molecule has 1 nitrogen and oxygen atoms in total. The van der Waals surface area contributed by atoms with Crippen molar-refractivity contribution in [2.24, 2.45) is 35.5 Å². The fourth-order valence-electron chi connectivity index (χ4n) is 6.27. The Bertz CT molecular complexity index is 396. The Balaban J connectivity index is 1.48. The quantitative estimate of drug-likeness (QED) is 0.492. The minimum atomic E-state index is 0.412. The molecule has 0 saturated heterocycles. The molecule has 3 aliphatic carbocycles. The van der Waals surface area contributed by atoms with Gasteiger partial charge >= 0.3 is 0 Å². The fourth-order valence-corrected chi connectivity index (χ4v) is 6.27. The molecule has 0 heterocycles. The zero-order valence-corrected chi connectivity index (χ0v) is 17.0. The third-order valence-corrected chi connectivity index (χ3v) is 8.10. The summed E-state index contributed by atoms with van der Waals surface area (Å²) in [7, 11) is 0. The Morgan fingerprint density at radius 1 is 0.600 bits per heavy atom. The molecule has 0 bridgehead atoms. The van der Waals surface area contributed by atoms with Crippen LogP contribution in [-0.2, 0) is 4.79 Å². The van der Waals surface area contributed by atoms with Crippen LogP contribution in [-0.4, -0.2) is 5.78 Å². The Labute approximate surface area is 156 Å². The Kier molecular flexibility index (Phi) is 7.43. The lowest BCUT2D eigenvalue weighted by atomic mass is 9.73. The van der Waals surface area contributed by atoms with Gasteiger partial charge in [-0.15, -0.1) is 0 Å². The van der Waals surface area contributed by atoms with Crippen LogP contribution in [0, 0.1) is 35.5 Å². The highest BCUT2D eigenvalue weighted by Gasteiger charge is 2.34. The van der Waals surface area contributed by atoms with Gasteiger partial charge in [-0.25, -0.2) is 0 Å². The van der Waals surface area contributed by atoms with Crippen molar-refractivity contribution in [1.29, 1.82) is 0 Å². The molecule has 3 saturated carbocycles. The summed E-state index contributed by atoms with van der Waals surface area (Å²) >= 11 is 0. The molecule has 0 aromatic carbocycles. The summed E-state index contributed by atoms with van der Waals surface area (Å²) in [6, 6.07) is 0. The molecular weight excluding hydrogens is 304 g/mol. The van der Waals surface area contributed by atoms with Gasteiger partial charge in [0, 0.05) is 11.8 Å². The third kappa shape index (κ3) is 5.33. The van der Waals surface area contributed by atoms with Crippen LogP contribution >= 0.6 is 0 Å². The summed E-state index contributed by atoms with van der Waals surface area (Å²) in [6.45, 7) is 4.71. The van der Waals surface area contributed by atoms with E-state index in [0.717, 1.165) is 23.7 Å². The van der Waals surface area contributed by atoms with Crippen molar-refractivity contribution in [2.45, 2.75) is 110 Å². The van der Waals surface area contributed by atoms with Crippen molar-refractivity contribution in [2.75, 3.05) is 0 Å². The monoisotopic (exact) mass is 346 g/mol. The van der Waals surface area contributed by atoms with Crippen molar-refractivity contribution in [3.63, 3.8) is 0 Å². The van der Waals surface area contributed by atoms with E-state index in [1.54, 1.807) is 0 Å². The van der Waals surface area contributed by atoms with Crippen LogP contribution in [0.5, 0.6) is 0 Å². The molecule has 0 N–H and O–H groups in total. The number of carbonyl (C=O) groups is 1. The van der Waals surface area contributed by atoms with Crippen molar-refractivity contribution < 1.29 is 4.79 Å². The van der Waals surface area contributed by atoms with E-state index in [1.807, 2.05) is 0 Å². The fraction of sp³-hybridized carbons (Fsp3) is 0.958. The normalized spacial score (nSPS) is 36.0. The molecule has 25 heavy (non-hydrogen) atoms. The molecule has 144 valence electrons. The molecular formula is C24H42O. The lowest BCUT2D eigenvalue weighted by Crippen LogP contribution is -2.28. The zero-order valence-electron chi connectivity index (χ0n) is 17.0. The maximum absolute atomic E-state index is 13.1. The largest absolute Gasteiger partial charge is 0.299 e. The van der Waals surface area contributed by atoms with E-state index in [2.05, 4.69) is 13.8 Å². The van der Waals surface area contributed by atoms with Gasteiger partial charge < -0.3 is 0 Å². The summed E-state index contributed by atoms with van der Waals surface area (Å²) in [6.07, 6.45) is 20.3. The van der Waals surface area contributed by atoms with Gasteiger partial charge in [0.2, 0.25) is 0 Å². The highest BCUT2D eigenvalue weighted by molar-refractivity contribution is 5.83. The van der Waals surface area contributed by atoms with E-state index in [1.165, 1.54) is 96.3 Å². The van der Waals surface area contributed by atoms with E-state index >= 15 is 0 Å². The summed E-state index contributed by atoms with van der Waals surface area (Å²) in [5, 5.41) is 0. The lowest BCUT2D eigenvalue weighted by Gasteiger charge is -2.32. The van der Waals surface area contributed by atoms with Gasteiger partial charge in [0.15, 0.2) is 0 Å². The molecule has 0 aliphatic heterocycles. The summed E-state index contributed by atoms with van der Waals surface area (Å²) < 4.78 is 0. The Morgan fingerprint density at radius 2 is 1.12 bits per heavy atom.